The van der Waals surface area contributed by atoms with Gasteiger partial charge in [0.1, 0.15) is 0 Å². The summed E-state index contributed by atoms with van der Waals surface area (Å²) < 4.78 is 6.82. The van der Waals surface area contributed by atoms with E-state index in [9.17, 15) is 0 Å². The lowest BCUT2D eigenvalue weighted by Gasteiger charge is -2.05. The van der Waals surface area contributed by atoms with Gasteiger partial charge in [-0.2, -0.15) is 0 Å². The van der Waals surface area contributed by atoms with E-state index < -0.39 is 0 Å². The Hall–Kier alpha value is -1.12. The molecule has 1 aromatic carbocycles. The minimum atomic E-state index is 0.102. The molecular weight excluding hydrogens is 336 g/mol. The fraction of sp³-hybridized carbons (Fsp3) is 0.250. The lowest BCUT2D eigenvalue weighted by molar-refractivity contribution is 0.108. The van der Waals surface area contributed by atoms with Crippen LogP contribution in [0.25, 0.3) is 0 Å². The number of thiophene rings is 1. The molecule has 0 aliphatic heterocycles. The number of benzene rings is 1. The molecule has 104 valence electrons. The average molecular weight is 351 g/mol. The largest absolute Gasteiger partial charge is 0.395 e. The molecule has 1 N–H and O–H groups in total. The molecule has 20 heavy (non-hydrogen) atoms. The highest BCUT2D eigenvalue weighted by molar-refractivity contribution is 9.10. The van der Waals surface area contributed by atoms with Crippen LogP contribution < -0.4 is 0 Å². The molecule has 0 bridgehead atoms. The van der Waals surface area contributed by atoms with E-state index in [0.29, 0.717) is 19.6 Å². The molecule has 0 aliphatic carbocycles. The molecule has 0 radical (unpaired) electrons. The molecule has 0 saturated heterocycles. The van der Waals surface area contributed by atoms with Crippen molar-refractivity contribution < 1.29 is 9.84 Å². The van der Waals surface area contributed by atoms with Crippen LogP contribution in [0.5, 0.6) is 0 Å². The maximum absolute atomic E-state index is 8.73. The molecule has 0 spiro atoms. The Bertz CT molecular complexity index is 610. The van der Waals surface area contributed by atoms with Crippen LogP contribution in [0.15, 0.2) is 40.2 Å². The number of ether oxygens (including phenoxy) is 1. The van der Waals surface area contributed by atoms with Crippen molar-refractivity contribution in [1.29, 1.82) is 0 Å². The summed E-state index contributed by atoms with van der Waals surface area (Å²) in [5.41, 5.74) is 2.13. The maximum atomic E-state index is 8.73. The third kappa shape index (κ3) is 4.46. The first kappa shape index (κ1) is 15.3. The molecular formula is C16H15BrO2S. The van der Waals surface area contributed by atoms with Crippen molar-refractivity contribution in [2.45, 2.75) is 19.6 Å². The average Bonchev–Trinajstić information content (AvgIpc) is 2.89. The van der Waals surface area contributed by atoms with Crippen molar-refractivity contribution in [3.63, 3.8) is 0 Å². The highest BCUT2D eigenvalue weighted by Gasteiger charge is 2.03. The van der Waals surface area contributed by atoms with Gasteiger partial charge in [-0.15, -0.1) is 11.3 Å². The van der Waals surface area contributed by atoms with Crippen LogP contribution in [-0.4, -0.2) is 11.7 Å². The summed E-state index contributed by atoms with van der Waals surface area (Å²) in [6.45, 7) is 1.23. The third-order valence-corrected chi connectivity index (χ3v) is 4.32. The van der Waals surface area contributed by atoms with Gasteiger partial charge in [-0.25, -0.2) is 0 Å². The van der Waals surface area contributed by atoms with Gasteiger partial charge in [0.2, 0.25) is 0 Å². The zero-order valence-corrected chi connectivity index (χ0v) is 13.3. The molecule has 2 rings (SSSR count). The highest BCUT2D eigenvalue weighted by atomic mass is 79.9. The standard InChI is InChI=1S/C16H15BrO2S/c17-15-7-2-1-6-14(15)11-19-12-16-13(8-10-20-16)5-3-4-9-18/h1-2,6-8,10,18H,4,9,11-12H2. The number of hydrogen-bond donors (Lipinski definition) is 1. The Kier molecular flexibility index (Phi) is 6.28. The van der Waals surface area contributed by atoms with E-state index in [2.05, 4.69) is 27.8 Å². The van der Waals surface area contributed by atoms with Crippen LogP contribution in [0.3, 0.4) is 0 Å². The fourth-order valence-electron chi connectivity index (χ4n) is 1.65. The van der Waals surface area contributed by atoms with Crippen molar-refractivity contribution >= 4 is 27.3 Å². The molecule has 0 fully saturated rings. The first-order chi connectivity index (χ1) is 9.81. The Labute approximate surface area is 131 Å². The summed E-state index contributed by atoms with van der Waals surface area (Å²) in [6.07, 6.45) is 0.507. The molecule has 0 amide bonds. The Morgan fingerprint density at radius 3 is 2.85 bits per heavy atom. The van der Waals surface area contributed by atoms with Gasteiger partial charge in [-0.1, -0.05) is 46.0 Å². The zero-order valence-electron chi connectivity index (χ0n) is 10.9. The van der Waals surface area contributed by atoms with E-state index in [1.165, 1.54) is 0 Å². The second-order valence-electron chi connectivity index (χ2n) is 4.12. The molecule has 0 aliphatic rings. The van der Waals surface area contributed by atoms with E-state index in [0.717, 1.165) is 20.5 Å². The number of rotatable bonds is 5. The molecule has 2 nitrogen and oxygen atoms in total. The topological polar surface area (TPSA) is 29.5 Å². The molecule has 0 unspecified atom stereocenters. The van der Waals surface area contributed by atoms with Gasteiger partial charge >= 0.3 is 0 Å². The zero-order chi connectivity index (χ0) is 14.2. The van der Waals surface area contributed by atoms with Crippen molar-refractivity contribution in [3.8, 4) is 11.8 Å². The van der Waals surface area contributed by atoms with Crippen LogP contribution in [0.1, 0.15) is 22.4 Å². The Morgan fingerprint density at radius 2 is 2.05 bits per heavy atom. The van der Waals surface area contributed by atoms with E-state index in [1.807, 2.05) is 35.7 Å². The number of halogens is 1. The normalized spacial score (nSPS) is 10.1. The second-order valence-corrected chi connectivity index (χ2v) is 5.97. The first-order valence-corrected chi connectivity index (χ1v) is 7.96. The summed E-state index contributed by atoms with van der Waals surface area (Å²) in [6, 6.07) is 10.0. The lowest BCUT2D eigenvalue weighted by atomic mass is 10.2. The van der Waals surface area contributed by atoms with Crippen molar-refractivity contribution in [1.82, 2.24) is 0 Å². The second kappa shape index (κ2) is 8.23. The van der Waals surface area contributed by atoms with Crippen LogP contribution in [0.2, 0.25) is 0 Å². The number of aliphatic hydroxyl groups excluding tert-OH is 1. The van der Waals surface area contributed by atoms with Gasteiger partial charge in [0, 0.05) is 21.3 Å². The van der Waals surface area contributed by atoms with Gasteiger partial charge in [-0.3, -0.25) is 0 Å². The van der Waals surface area contributed by atoms with Crippen LogP contribution in [-0.2, 0) is 18.0 Å². The van der Waals surface area contributed by atoms with Gasteiger partial charge in [0.05, 0.1) is 19.8 Å². The maximum Gasteiger partial charge on any atom is 0.0826 e. The number of hydrogen-bond acceptors (Lipinski definition) is 3. The summed E-state index contributed by atoms with van der Waals surface area (Å²) in [7, 11) is 0. The Balaban J connectivity index is 1.91. The van der Waals surface area contributed by atoms with E-state index in [1.54, 1.807) is 11.3 Å². The first-order valence-electron chi connectivity index (χ1n) is 6.28. The molecule has 2 aromatic rings. The smallest absolute Gasteiger partial charge is 0.0826 e. The van der Waals surface area contributed by atoms with Gasteiger partial charge in [-0.05, 0) is 23.1 Å². The Morgan fingerprint density at radius 1 is 1.20 bits per heavy atom. The van der Waals surface area contributed by atoms with Crippen molar-refractivity contribution in [2.75, 3.05) is 6.61 Å². The summed E-state index contributed by atoms with van der Waals surface area (Å²) >= 11 is 5.15. The number of aliphatic hydroxyl groups is 1. The predicted molar refractivity (Wildman–Crippen MR) is 85.5 cm³/mol. The van der Waals surface area contributed by atoms with Gasteiger partial charge in [0.25, 0.3) is 0 Å². The van der Waals surface area contributed by atoms with Gasteiger partial charge < -0.3 is 9.84 Å². The summed E-state index contributed by atoms with van der Waals surface area (Å²) in [5.74, 6) is 6.00. The van der Waals surface area contributed by atoms with E-state index in [4.69, 9.17) is 9.84 Å². The fourth-order valence-corrected chi connectivity index (χ4v) is 2.81. The third-order valence-electron chi connectivity index (χ3n) is 2.65. The molecule has 1 aromatic heterocycles. The van der Waals surface area contributed by atoms with Crippen LogP contribution in [0, 0.1) is 11.8 Å². The molecule has 0 atom stereocenters. The van der Waals surface area contributed by atoms with Crippen LogP contribution in [0.4, 0.5) is 0 Å². The van der Waals surface area contributed by atoms with Crippen molar-refractivity contribution in [3.05, 3.63) is 56.2 Å². The molecule has 4 heteroatoms. The highest BCUT2D eigenvalue weighted by Crippen LogP contribution is 2.20. The molecule has 0 saturated carbocycles. The minimum absolute atomic E-state index is 0.102. The SMILES string of the molecule is OCCC#Cc1ccsc1COCc1ccccc1Br. The summed E-state index contributed by atoms with van der Waals surface area (Å²) in [5, 5.41) is 10.7. The monoisotopic (exact) mass is 350 g/mol. The van der Waals surface area contributed by atoms with Gasteiger partial charge in [0.15, 0.2) is 0 Å². The van der Waals surface area contributed by atoms with Crippen molar-refractivity contribution in [2.24, 2.45) is 0 Å². The quantitative estimate of drug-likeness (QED) is 0.827. The summed E-state index contributed by atoms with van der Waals surface area (Å²) in [4.78, 5) is 1.13. The lowest BCUT2D eigenvalue weighted by Crippen LogP contribution is -1.94. The minimum Gasteiger partial charge on any atom is -0.395 e. The van der Waals surface area contributed by atoms with E-state index >= 15 is 0 Å². The van der Waals surface area contributed by atoms with E-state index in [-0.39, 0.29) is 6.61 Å². The van der Waals surface area contributed by atoms with Crippen LogP contribution >= 0.6 is 27.3 Å². The molecule has 1 heterocycles. The predicted octanol–water partition coefficient (Wildman–Crippen LogP) is 3.96.